The Kier molecular flexibility index (Phi) is 3.34. The standard InChI is InChI=1S/C11H16N4O2S/c1-6-14-15-10(18-6)9(17)12-7-4-5-8(16)13-11(7,2)3/h7H,4-5H2,1-3H3,(H,12,17)(H,13,16)/t7-/m0/s1. The van der Waals surface area contributed by atoms with Gasteiger partial charge in [0, 0.05) is 6.42 Å². The third-order valence-corrected chi connectivity index (χ3v) is 3.86. The van der Waals surface area contributed by atoms with Crippen LogP contribution in [0, 0.1) is 6.92 Å². The number of piperidine rings is 1. The Morgan fingerprint density at radius 3 is 2.78 bits per heavy atom. The van der Waals surface area contributed by atoms with E-state index >= 15 is 0 Å². The van der Waals surface area contributed by atoms with Gasteiger partial charge in [-0.2, -0.15) is 0 Å². The highest BCUT2D eigenvalue weighted by atomic mass is 32.1. The smallest absolute Gasteiger partial charge is 0.282 e. The molecule has 0 unspecified atom stereocenters. The Balaban J connectivity index is 2.05. The van der Waals surface area contributed by atoms with Gasteiger partial charge in [0.15, 0.2) is 0 Å². The van der Waals surface area contributed by atoms with Gasteiger partial charge in [0.2, 0.25) is 10.9 Å². The molecule has 2 N–H and O–H groups in total. The minimum absolute atomic E-state index is 0.0252. The molecule has 7 heteroatoms. The van der Waals surface area contributed by atoms with E-state index in [1.165, 1.54) is 11.3 Å². The van der Waals surface area contributed by atoms with Gasteiger partial charge in [-0.05, 0) is 27.2 Å². The number of aryl methyl sites for hydroxylation is 1. The average Bonchev–Trinajstić information content (AvgIpc) is 2.68. The molecule has 1 aromatic rings. The molecule has 6 nitrogen and oxygen atoms in total. The lowest BCUT2D eigenvalue weighted by atomic mass is 9.87. The third-order valence-electron chi connectivity index (χ3n) is 3.02. The summed E-state index contributed by atoms with van der Waals surface area (Å²) in [7, 11) is 0. The molecule has 1 atom stereocenters. The molecular weight excluding hydrogens is 252 g/mol. The summed E-state index contributed by atoms with van der Waals surface area (Å²) in [6.07, 6.45) is 1.08. The Bertz CT molecular complexity index is 483. The SMILES string of the molecule is Cc1nnc(C(=O)N[C@H]2CCC(=O)NC2(C)C)s1. The van der Waals surface area contributed by atoms with E-state index in [0.717, 1.165) is 5.01 Å². The molecule has 0 saturated carbocycles. The quantitative estimate of drug-likeness (QED) is 0.824. The van der Waals surface area contributed by atoms with Crippen LogP contribution >= 0.6 is 11.3 Å². The Morgan fingerprint density at radius 2 is 2.22 bits per heavy atom. The van der Waals surface area contributed by atoms with E-state index < -0.39 is 5.54 Å². The van der Waals surface area contributed by atoms with Crippen molar-refractivity contribution in [1.29, 1.82) is 0 Å². The maximum absolute atomic E-state index is 12.0. The number of nitrogens with one attached hydrogen (secondary N) is 2. The summed E-state index contributed by atoms with van der Waals surface area (Å²) >= 11 is 1.26. The molecule has 0 spiro atoms. The van der Waals surface area contributed by atoms with Gasteiger partial charge >= 0.3 is 0 Å². The van der Waals surface area contributed by atoms with E-state index in [1.54, 1.807) is 6.92 Å². The number of carbonyl (C=O) groups excluding carboxylic acids is 2. The van der Waals surface area contributed by atoms with Crippen molar-refractivity contribution in [1.82, 2.24) is 20.8 Å². The second-order valence-corrected chi connectivity index (χ2v) is 6.14. The molecule has 0 aromatic carbocycles. The van der Waals surface area contributed by atoms with Crippen LogP contribution < -0.4 is 10.6 Å². The average molecular weight is 268 g/mol. The minimum atomic E-state index is -0.440. The second kappa shape index (κ2) is 4.64. The van der Waals surface area contributed by atoms with Crippen molar-refractivity contribution < 1.29 is 9.59 Å². The molecular formula is C11H16N4O2S. The first-order valence-electron chi connectivity index (χ1n) is 5.80. The van der Waals surface area contributed by atoms with Crippen molar-refractivity contribution in [2.24, 2.45) is 0 Å². The molecule has 0 radical (unpaired) electrons. The van der Waals surface area contributed by atoms with Gasteiger partial charge in [0.25, 0.3) is 5.91 Å². The number of carbonyl (C=O) groups is 2. The maximum atomic E-state index is 12.0. The van der Waals surface area contributed by atoms with Crippen LogP contribution in [0.5, 0.6) is 0 Å². The Hall–Kier alpha value is -1.50. The molecule has 1 aliphatic heterocycles. The normalized spacial score (nSPS) is 22.4. The number of nitrogens with zero attached hydrogens (tertiary/aromatic N) is 2. The van der Waals surface area contributed by atoms with Gasteiger partial charge in [-0.3, -0.25) is 9.59 Å². The summed E-state index contributed by atoms with van der Waals surface area (Å²) in [5, 5.41) is 14.5. The maximum Gasteiger partial charge on any atom is 0.282 e. The summed E-state index contributed by atoms with van der Waals surface area (Å²) in [5.74, 6) is -0.202. The molecule has 2 amide bonds. The lowest BCUT2D eigenvalue weighted by Crippen LogP contribution is -2.62. The molecule has 1 aliphatic rings. The van der Waals surface area contributed by atoms with Crippen molar-refractivity contribution >= 4 is 23.2 Å². The summed E-state index contributed by atoms with van der Waals surface area (Å²) < 4.78 is 0. The van der Waals surface area contributed by atoms with Gasteiger partial charge in [-0.1, -0.05) is 11.3 Å². The van der Waals surface area contributed by atoms with Crippen LogP contribution in [0.15, 0.2) is 0 Å². The van der Waals surface area contributed by atoms with Crippen LogP contribution in [0.3, 0.4) is 0 Å². The fraction of sp³-hybridized carbons (Fsp3) is 0.636. The van der Waals surface area contributed by atoms with Gasteiger partial charge in [-0.25, -0.2) is 0 Å². The molecule has 2 heterocycles. The van der Waals surface area contributed by atoms with Crippen molar-refractivity contribution in [3.63, 3.8) is 0 Å². The Labute approximate surface area is 109 Å². The van der Waals surface area contributed by atoms with Crippen molar-refractivity contribution in [2.45, 2.75) is 45.2 Å². The van der Waals surface area contributed by atoms with Crippen LogP contribution in [-0.2, 0) is 4.79 Å². The largest absolute Gasteiger partial charge is 0.349 e. The van der Waals surface area contributed by atoms with Crippen LogP contribution in [0.2, 0.25) is 0 Å². The number of rotatable bonds is 2. The van der Waals surface area contributed by atoms with E-state index in [2.05, 4.69) is 20.8 Å². The predicted molar refractivity (Wildman–Crippen MR) is 67.4 cm³/mol. The molecule has 98 valence electrons. The van der Waals surface area contributed by atoms with Gasteiger partial charge in [0.05, 0.1) is 11.6 Å². The third kappa shape index (κ3) is 2.66. The zero-order valence-corrected chi connectivity index (χ0v) is 11.4. The van der Waals surface area contributed by atoms with E-state index in [9.17, 15) is 9.59 Å². The summed E-state index contributed by atoms with van der Waals surface area (Å²) in [6, 6.07) is -0.0908. The molecule has 18 heavy (non-hydrogen) atoms. The van der Waals surface area contributed by atoms with Crippen LogP contribution in [-0.4, -0.2) is 33.6 Å². The topological polar surface area (TPSA) is 84.0 Å². The zero-order chi connectivity index (χ0) is 13.3. The Morgan fingerprint density at radius 1 is 1.50 bits per heavy atom. The van der Waals surface area contributed by atoms with Crippen LogP contribution in [0.1, 0.15) is 41.5 Å². The lowest BCUT2D eigenvalue weighted by Gasteiger charge is -2.39. The first-order valence-corrected chi connectivity index (χ1v) is 6.62. The van der Waals surface area contributed by atoms with E-state index in [0.29, 0.717) is 17.8 Å². The highest BCUT2D eigenvalue weighted by Gasteiger charge is 2.36. The van der Waals surface area contributed by atoms with Crippen LogP contribution in [0.25, 0.3) is 0 Å². The lowest BCUT2D eigenvalue weighted by molar-refractivity contribution is -0.125. The van der Waals surface area contributed by atoms with Crippen molar-refractivity contribution in [3.8, 4) is 0 Å². The number of amides is 2. The number of hydrogen-bond donors (Lipinski definition) is 2. The fourth-order valence-corrected chi connectivity index (χ4v) is 2.60. The van der Waals surface area contributed by atoms with Gasteiger partial charge in [-0.15, -0.1) is 10.2 Å². The summed E-state index contributed by atoms with van der Waals surface area (Å²) in [5.41, 5.74) is -0.440. The number of aromatic nitrogens is 2. The summed E-state index contributed by atoms with van der Waals surface area (Å²) in [6.45, 7) is 5.61. The first-order chi connectivity index (χ1) is 8.38. The molecule has 0 bridgehead atoms. The van der Waals surface area contributed by atoms with Gasteiger partial charge < -0.3 is 10.6 Å². The van der Waals surface area contributed by atoms with Gasteiger partial charge in [0.1, 0.15) is 5.01 Å². The highest BCUT2D eigenvalue weighted by molar-refractivity contribution is 7.13. The zero-order valence-electron chi connectivity index (χ0n) is 10.6. The monoisotopic (exact) mass is 268 g/mol. The van der Waals surface area contributed by atoms with E-state index in [-0.39, 0.29) is 17.9 Å². The molecule has 1 aromatic heterocycles. The summed E-state index contributed by atoms with van der Waals surface area (Å²) in [4.78, 5) is 23.3. The van der Waals surface area contributed by atoms with Crippen LogP contribution in [0.4, 0.5) is 0 Å². The molecule has 2 rings (SSSR count). The molecule has 0 aliphatic carbocycles. The second-order valence-electron chi connectivity index (χ2n) is 4.96. The minimum Gasteiger partial charge on any atom is -0.349 e. The highest BCUT2D eigenvalue weighted by Crippen LogP contribution is 2.20. The predicted octanol–water partition coefficient (Wildman–Crippen LogP) is 0.634. The van der Waals surface area contributed by atoms with Crippen molar-refractivity contribution in [2.75, 3.05) is 0 Å². The van der Waals surface area contributed by atoms with Crippen molar-refractivity contribution in [3.05, 3.63) is 10.0 Å². The first kappa shape index (κ1) is 12.9. The van der Waals surface area contributed by atoms with E-state index in [4.69, 9.17) is 0 Å². The molecule has 1 fully saturated rings. The molecule has 1 saturated heterocycles. The fourth-order valence-electron chi connectivity index (χ4n) is 2.01. The number of hydrogen-bond acceptors (Lipinski definition) is 5. The van der Waals surface area contributed by atoms with E-state index in [1.807, 2.05) is 13.8 Å².